The summed E-state index contributed by atoms with van der Waals surface area (Å²) in [4.78, 5) is 19.2. The van der Waals surface area contributed by atoms with Crippen molar-refractivity contribution in [3.63, 3.8) is 0 Å². The normalized spacial score (nSPS) is 15.8. The Hall–Kier alpha value is -1.49. The number of anilines is 1. The average molecular weight is 354 g/mol. The van der Waals surface area contributed by atoms with Crippen LogP contribution in [0.4, 0.5) is 5.69 Å². The van der Waals surface area contributed by atoms with Crippen molar-refractivity contribution in [3.8, 4) is 11.3 Å². The minimum atomic E-state index is -0.251. The van der Waals surface area contributed by atoms with Gasteiger partial charge in [0.2, 0.25) is 0 Å². The monoisotopic (exact) mass is 353 g/mol. The molecule has 0 saturated carbocycles. The smallest absolute Gasteiger partial charge is 0.267 e. The van der Waals surface area contributed by atoms with E-state index in [2.05, 4.69) is 34.0 Å². The lowest BCUT2D eigenvalue weighted by Crippen LogP contribution is -2.28. The summed E-state index contributed by atoms with van der Waals surface area (Å²) < 4.78 is 0. The molecule has 0 aliphatic carbocycles. The highest BCUT2D eigenvalue weighted by Gasteiger charge is 2.12. The van der Waals surface area contributed by atoms with Gasteiger partial charge in [0, 0.05) is 31.0 Å². The molecule has 0 atom stereocenters. The van der Waals surface area contributed by atoms with Gasteiger partial charge in [-0.2, -0.15) is 0 Å². The van der Waals surface area contributed by atoms with Crippen LogP contribution in [0.5, 0.6) is 0 Å². The maximum Gasteiger partial charge on any atom is 0.267 e. The maximum atomic E-state index is 11.6. The molecule has 1 aliphatic heterocycles. The Morgan fingerprint density at radius 2 is 1.74 bits per heavy atom. The van der Waals surface area contributed by atoms with Gasteiger partial charge in [0.15, 0.2) is 0 Å². The van der Waals surface area contributed by atoms with Crippen LogP contribution in [0.15, 0.2) is 41.2 Å². The minimum Gasteiger partial charge on any atom is -0.370 e. The molecule has 4 nitrogen and oxygen atoms in total. The topological polar surface area (TPSA) is 39.3 Å². The molecule has 124 valence electrons. The number of likely N-dealkylation sites (N-methyl/N-ethyl adjacent to an activating group) is 1. The van der Waals surface area contributed by atoms with Crippen molar-refractivity contribution in [1.29, 1.82) is 0 Å². The molecule has 6 heteroatoms. The summed E-state index contributed by atoms with van der Waals surface area (Å²) in [6.45, 7) is 4.38. The van der Waals surface area contributed by atoms with E-state index in [1.165, 1.54) is 12.1 Å². The van der Waals surface area contributed by atoms with Crippen molar-refractivity contribution in [2.45, 2.75) is 6.42 Å². The number of rotatable bonds is 2. The van der Waals surface area contributed by atoms with E-state index in [0.29, 0.717) is 0 Å². The van der Waals surface area contributed by atoms with Crippen LogP contribution in [-0.2, 0) is 0 Å². The molecule has 0 bridgehead atoms. The standard InChI is InChI=1S/C17H20ClN3O.ClH/c1-20-9-2-10-21(12-11-20)14-5-3-13(4-6-14)16-8-7-15(18)17(22)19-16;/h3-8H,2,9-12H2,1H3,(H,19,22);1H. The first-order valence-electron chi connectivity index (χ1n) is 7.56. The van der Waals surface area contributed by atoms with Gasteiger partial charge in [-0.3, -0.25) is 4.79 Å². The van der Waals surface area contributed by atoms with Crippen molar-refractivity contribution in [3.05, 3.63) is 51.8 Å². The second-order valence-electron chi connectivity index (χ2n) is 5.74. The number of H-pyrrole nitrogens is 1. The Morgan fingerprint density at radius 1 is 1.00 bits per heavy atom. The van der Waals surface area contributed by atoms with E-state index >= 15 is 0 Å². The molecule has 1 saturated heterocycles. The number of benzene rings is 1. The van der Waals surface area contributed by atoms with Crippen molar-refractivity contribution in [2.24, 2.45) is 0 Å². The summed E-state index contributed by atoms with van der Waals surface area (Å²) in [6, 6.07) is 11.8. The molecule has 0 radical (unpaired) electrons. The Morgan fingerprint density at radius 3 is 2.43 bits per heavy atom. The molecule has 0 unspecified atom stereocenters. The molecule has 3 rings (SSSR count). The Balaban J connectivity index is 0.00000192. The molecule has 1 aromatic carbocycles. The predicted molar refractivity (Wildman–Crippen MR) is 99.1 cm³/mol. The van der Waals surface area contributed by atoms with Crippen LogP contribution in [-0.4, -0.2) is 43.1 Å². The van der Waals surface area contributed by atoms with Gasteiger partial charge in [-0.05, 0) is 49.8 Å². The van der Waals surface area contributed by atoms with Gasteiger partial charge in [-0.25, -0.2) is 0 Å². The summed E-state index contributed by atoms with van der Waals surface area (Å²) in [6.07, 6.45) is 1.18. The highest BCUT2D eigenvalue weighted by Crippen LogP contribution is 2.22. The predicted octanol–water partition coefficient (Wildman–Crippen LogP) is 3.26. The maximum absolute atomic E-state index is 11.6. The summed E-state index contributed by atoms with van der Waals surface area (Å²) in [5.41, 5.74) is 2.76. The quantitative estimate of drug-likeness (QED) is 0.900. The zero-order valence-corrected chi connectivity index (χ0v) is 14.7. The van der Waals surface area contributed by atoms with E-state index < -0.39 is 0 Å². The van der Waals surface area contributed by atoms with Gasteiger partial charge in [0.1, 0.15) is 5.02 Å². The molecule has 0 spiro atoms. The van der Waals surface area contributed by atoms with Crippen LogP contribution in [0, 0.1) is 0 Å². The van der Waals surface area contributed by atoms with Gasteiger partial charge in [-0.15, -0.1) is 12.4 Å². The van der Waals surface area contributed by atoms with Crippen molar-refractivity contribution in [2.75, 3.05) is 38.1 Å². The third-order valence-electron chi connectivity index (χ3n) is 4.12. The van der Waals surface area contributed by atoms with Crippen LogP contribution >= 0.6 is 24.0 Å². The number of aromatic amines is 1. The van der Waals surface area contributed by atoms with Crippen molar-refractivity contribution >= 4 is 29.7 Å². The van der Waals surface area contributed by atoms with E-state index in [9.17, 15) is 4.79 Å². The molecule has 2 aromatic rings. The number of halogens is 2. The Labute approximate surface area is 147 Å². The molecule has 23 heavy (non-hydrogen) atoms. The molecular formula is C17H21Cl2N3O. The van der Waals surface area contributed by atoms with Gasteiger partial charge in [0.05, 0.1) is 0 Å². The average Bonchev–Trinajstić information content (AvgIpc) is 2.75. The SMILES string of the molecule is CN1CCCN(c2ccc(-c3ccc(Cl)c(=O)[nH]3)cc2)CC1.Cl. The number of pyridine rings is 1. The van der Waals surface area contributed by atoms with Crippen LogP contribution in [0.3, 0.4) is 0 Å². The molecular weight excluding hydrogens is 333 g/mol. The number of nitrogens with one attached hydrogen (secondary N) is 1. The van der Waals surface area contributed by atoms with E-state index in [1.54, 1.807) is 6.07 Å². The Bertz CT molecular complexity index is 700. The molecule has 1 aromatic heterocycles. The lowest BCUT2D eigenvalue weighted by molar-refractivity contribution is 0.360. The third kappa shape index (κ3) is 4.28. The van der Waals surface area contributed by atoms with Crippen LogP contribution in [0.2, 0.25) is 5.02 Å². The zero-order chi connectivity index (χ0) is 15.5. The van der Waals surface area contributed by atoms with Crippen LogP contribution < -0.4 is 10.5 Å². The Kier molecular flexibility index (Phi) is 6.10. The second kappa shape index (κ2) is 7.86. The largest absolute Gasteiger partial charge is 0.370 e. The molecule has 0 amide bonds. The van der Waals surface area contributed by atoms with Gasteiger partial charge in [0.25, 0.3) is 5.56 Å². The minimum absolute atomic E-state index is 0. The van der Waals surface area contributed by atoms with Crippen molar-refractivity contribution in [1.82, 2.24) is 9.88 Å². The highest BCUT2D eigenvalue weighted by atomic mass is 35.5. The molecule has 1 fully saturated rings. The highest BCUT2D eigenvalue weighted by molar-refractivity contribution is 6.30. The van der Waals surface area contributed by atoms with E-state index in [0.717, 1.165) is 37.4 Å². The fourth-order valence-electron chi connectivity index (χ4n) is 2.78. The first-order chi connectivity index (χ1) is 10.6. The number of aromatic nitrogens is 1. The van der Waals surface area contributed by atoms with E-state index in [4.69, 9.17) is 11.6 Å². The fraction of sp³-hybridized carbons (Fsp3) is 0.353. The van der Waals surface area contributed by atoms with Crippen LogP contribution in [0.25, 0.3) is 11.3 Å². The lowest BCUT2D eigenvalue weighted by Gasteiger charge is -2.23. The number of nitrogens with zero attached hydrogens (tertiary/aromatic N) is 2. The number of hydrogen-bond donors (Lipinski definition) is 1. The molecule has 1 aliphatic rings. The first-order valence-corrected chi connectivity index (χ1v) is 7.94. The summed E-state index contributed by atoms with van der Waals surface area (Å²) in [7, 11) is 2.17. The van der Waals surface area contributed by atoms with E-state index in [-0.39, 0.29) is 23.0 Å². The van der Waals surface area contributed by atoms with Gasteiger partial charge < -0.3 is 14.8 Å². The van der Waals surface area contributed by atoms with Gasteiger partial charge in [-0.1, -0.05) is 23.7 Å². The van der Waals surface area contributed by atoms with Gasteiger partial charge >= 0.3 is 0 Å². The first kappa shape index (κ1) is 17.9. The van der Waals surface area contributed by atoms with Crippen molar-refractivity contribution < 1.29 is 0 Å². The summed E-state index contributed by atoms with van der Waals surface area (Å²) >= 11 is 5.77. The third-order valence-corrected chi connectivity index (χ3v) is 4.42. The van der Waals surface area contributed by atoms with E-state index in [1.807, 2.05) is 18.2 Å². The lowest BCUT2D eigenvalue weighted by atomic mass is 10.1. The summed E-state index contributed by atoms with van der Waals surface area (Å²) in [5, 5.41) is 0.217. The molecule has 1 N–H and O–H groups in total. The summed E-state index contributed by atoms with van der Waals surface area (Å²) in [5.74, 6) is 0. The molecule has 2 heterocycles. The zero-order valence-electron chi connectivity index (χ0n) is 13.1. The second-order valence-corrected chi connectivity index (χ2v) is 6.15. The number of hydrogen-bond acceptors (Lipinski definition) is 3. The van der Waals surface area contributed by atoms with Crippen LogP contribution in [0.1, 0.15) is 6.42 Å². The fourth-order valence-corrected chi connectivity index (χ4v) is 2.89.